The Bertz CT molecular complexity index is 1220. The molecule has 0 spiro atoms. The van der Waals surface area contributed by atoms with Crippen molar-refractivity contribution >= 4 is 33.2 Å². The molecule has 8 nitrogen and oxygen atoms in total. The van der Waals surface area contributed by atoms with Crippen LogP contribution in [0, 0.1) is 0 Å². The van der Waals surface area contributed by atoms with Gasteiger partial charge < -0.3 is 10.6 Å². The molecule has 1 atom stereocenters. The molecule has 2 heterocycles. The standard InChI is InChI=1S/C23H22N4O4S/c28-22(25-18-11-13-24-14-12-18)17-6-4-7-19(16-17)26-23(29)21-10-5-15-27(21)32(30,31)20-8-2-1-3-9-20/h1-4,6-9,11-14,16,21H,5,10,15H2,(H,26,29)(H,24,25,28). The predicted molar refractivity (Wildman–Crippen MR) is 121 cm³/mol. The van der Waals surface area contributed by atoms with Crippen LogP contribution in [-0.4, -0.2) is 42.1 Å². The maximum Gasteiger partial charge on any atom is 0.255 e. The normalized spacial score (nSPS) is 16.4. The number of carbonyl (C=O) groups excluding carboxylic acids is 2. The highest BCUT2D eigenvalue weighted by Gasteiger charge is 2.39. The zero-order chi connectivity index (χ0) is 22.6. The van der Waals surface area contributed by atoms with E-state index in [1.54, 1.807) is 67.0 Å². The number of benzene rings is 2. The van der Waals surface area contributed by atoms with E-state index >= 15 is 0 Å². The molecule has 0 radical (unpaired) electrons. The van der Waals surface area contributed by atoms with E-state index in [9.17, 15) is 18.0 Å². The number of sulfonamides is 1. The summed E-state index contributed by atoms with van der Waals surface area (Å²) < 4.78 is 27.3. The molecule has 164 valence electrons. The lowest BCUT2D eigenvalue weighted by Gasteiger charge is -2.23. The van der Waals surface area contributed by atoms with Gasteiger partial charge in [-0.3, -0.25) is 14.6 Å². The van der Waals surface area contributed by atoms with Gasteiger partial charge in [0.1, 0.15) is 6.04 Å². The fraction of sp³-hybridized carbons (Fsp3) is 0.174. The molecular weight excluding hydrogens is 428 g/mol. The van der Waals surface area contributed by atoms with Gasteiger partial charge >= 0.3 is 0 Å². The van der Waals surface area contributed by atoms with Crippen molar-refractivity contribution in [2.45, 2.75) is 23.8 Å². The first kappa shape index (κ1) is 21.7. The second-order valence-electron chi connectivity index (χ2n) is 7.35. The summed E-state index contributed by atoms with van der Waals surface area (Å²) in [7, 11) is -3.78. The first-order valence-electron chi connectivity index (χ1n) is 10.1. The monoisotopic (exact) mass is 450 g/mol. The number of nitrogens with zero attached hydrogens (tertiary/aromatic N) is 2. The summed E-state index contributed by atoms with van der Waals surface area (Å²) in [6, 6.07) is 17.1. The van der Waals surface area contributed by atoms with E-state index in [2.05, 4.69) is 15.6 Å². The van der Waals surface area contributed by atoms with Gasteiger partial charge in [-0.05, 0) is 55.3 Å². The topological polar surface area (TPSA) is 108 Å². The fourth-order valence-electron chi connectivity index (χ4n) is 3.62. The first-order valence-corrected chi connectivity index (χ1v) is 11.6. The highest BCUT2D eigenvalue weighted by atomic mass is 32.2. The summed E-state index contributed by atoms with van der Waals surface area (Å²) in [5.41, 5.74) is 1.38. The van der Waals surface area contributed by atoms with Crippen molar-refractivity contribution in [2.24, 2.45) is 0 Å². The highest BCUT2D eigenvalue weighted by Crippen LogP contribution is 2.27. The zero-order valence-electron chi connectivity index (χ0n) is 17.1. The average Bonchev–Trinajstić information content (AvgIpc) is 3.32. The minimum Gasteiger partial charge on any atom is -0.325 e. The van der Waals surface area contributed by atoms with Gasteiger partial charge in [-0.2, -0.15) is 4.31 Å². The van der Waals surface area contributed by atoms with Crippen molar-refractivity contribution < 1.29 is 18.0 Å². The molecule has 4 rings (SSSR count). The summed E-state index contributed by atoms with van der Waals surface area (Å²) in [6.45, 7) is 0.281. The van der Waals surface area contributed by atoms with Gasteiger partial charge in [0, 0.05) is 35.9 Å². The number of hydrogen-bond acceptors (Lipinski definition) is 5. The van der Waals surface area contributed by atoms with Gasteiger partial charge in [0.15, 0.2) is 0 Å². The van der Waals surface area contributed by atoms with E-state index < -0.39 is 22.0 Å². The van der Waals surface area contributed by atoms with Gasteiger partial charge in [0.2, 0.25) is 15.9 Å². The largest absolute Gasteiger partial charge is 0.325 e. The third-order valence-electron chi connectivity index (χ3n) is 5.19. The molecule has 0 saturated carbocycles. The van der Waals surface area contributed by atoms with Crippen molar-refractivity contribution in [3.63, 3.8) is 0 Å². The highest BCUT2D eigenvalue weighted by molar-refractivity contribution is 7.89. The molecule has 1 aromatic heterocycles. The summed E-state index contributed by atoms with van der Waals surface area (Å²) >= 11 is 0. The van der Waals surface area contributed by atoms with Crippen LogP contribution in [0.1, 0.15) is 23.2 Å². The summed E-state index contributed by atoms with van der Waals surface area (Å²) in [5, 5.41) is 5.52. The Morgan fingerprint density at radius 2 is 1.66 bits per heavy atom. The minimum absolute atomic E-state index is 0.162. The number of nitrogens with one attached hydrogen (secondary N) is 2. The Hall–Kier alpha value is -3.56. The van der Waals surface area contributed by atoms with Crippen LogP contribution in [0.3, 0.4) is 0 Å². The van der Waals surface area contributed by atoms with Crippen molar-refractivity contribution in [2.75, 3.05) is 17.2 Å². The third-order valence-corrected chi connectivity index (χ3v) is 7.11. The van der Waals surface area contributed by atoms with Crippen LogP contribution in [0.25, 0.3) is 0 Å². The number of hydrogen-bond donors (Lipinski definition) is 2. The van der Waals surface area contributed by atoms with Gasteiger partial charge in [-0.15, -0.1) is 0 Å². The summed E-state index contributed by atoms with van der Waals surface area (Å²) in [6.07, 6.45) is 4.17. The number of amides is 2. The molecule has 0 aliphatic carbocycles. The molecule has 1 unspecified atom stereocenters. The lowest BCUT2D eigenvalue weighted by molar-refractivity contribution is -0.119. The average molecular weight is 451 g/mol. The number of aromatic nitrogens is 1. The van der Waals surface area contributed by atoms with E-state index in [0.717, 1.165) is 0 Å². The number of carbonyl (C=O) groups is 2. The lowest BCUT2D eigenvalue weighted by Crippen LogP contribution is -2.43. The molecule has 0 bridgehead atoms. The maximum atomic E-state index is 13.0. The van der Waals surface area contributed by atoms with Crippen LogP contribution < -0.4 is 10.6 Å². The SMILES string of the molecule is O=C(Nc1ccncc1)c1cccc(NC(=O)C2CCCN2S(=O)(=O)c2ccccc2)c1. The van der Waals surface area contributed by atoms with E-state index in [1.807, 2.05) is 0 Å². The Morgan fingerprint density at radius 1 is 0.906 bits per heavy atom. The van der Waals surface area contributed by atoms with Gasteiger partial charge in [0.25, 0.3) is 5.91 Å². The molecule has 3 aromatic rings. The molecule has 2 amide bonds. The molecule has 1 aliphatic rings. The van der Waals surface area contributed by atoms with Crippen molar-refractivity contribution in [1.29, 1.82) is 0 Å². The molecule has 1 saturated heterocycles. The predicted octanol–water partition coefficient (Wildman–Crippen LogP) is 3.13. The number of pyridine rings is 1. The van der Waals surface area contributed by atoms with Gasteiger partial charge in [-0.25, -0.2) is 8.42 Å². The zero-order valence-corrected chi connectivity index (χ0v) is 18.0. The van der Waals surface area contributed by atoms with Crippen LogP contribution in [0.5, 0.6) is 0 Å². The van der Waals surface area contributed by atoms with E-state index in [-0.39, 0.29) is 17.3 Å². The van der Waals surface area contributed by atoms with E-state index in [0.29, 0.717) is 29.8 Å². The second-order valence-corrected chi connectivity index (χ2v) is 9.24. The van der Waals surface area contributed by atoms with Crippen molar-refractivity contribution in [1.82, 2.24) is 9.29 Å². The number of rotatable bonds is 6. The Morgan fingerprint density at radius 3 is 2.41 bits per heavy atom. The minimum atomic E-state index is -3.78. The van der Waals surface area contributed by atoms with E-state index in [1.165, 1.54) is 16.4 Å². The molecule has 32 heavy (non-hydrogen) atoms. The molecule has 1 fully saturated rings. The molecule has 2 N–H and O–H groups in total. The third kappa shape index (κ3) is 4.68. The molecule has 9 heteroatoms. The van der Waals surface area contributed by atoms with Gasteiger partial charge in [0.05, 0.1) is 4.90 Å². The second kappa shape index (κ2) is 9.29. The smallest absolute Gasteiger partial charge is 0.255 e. The van der Waals surface area contributed by atoms with Crippen LogP contribution in [-0.2, 0) is 14.8 Å². The Labute approximate surface area is 186 Å². The Balaban J connectivity index is 1.48. The Kier molecular flexibility index (Phi) is 6.29. The van der Waals surface area contributed by atoms with Crippen LogP contribution >= 0.6 is 0 Å². The van der Waals surface area contributed by atoms with Crippen LogP contribution in [0.2, 0.25) is 0 Å². The quantitative estimate of drug-likeness (QED) is 0.600. The van der Waals surface area contributed by atoms with Crippen LogP contribution in [0.15, 0.2) is 84.0 Å². The van der Waals surface area contributed by atoms with Crippen molar-refractivity contribution in [3.05, 3.63) is 84.7 Å². The van der Waals surface area contributed by atoms with Gasteiger partial charge in [-0.1, -0.05) is 24.3 Å². The molecule has 2 aromatic carbocycles. The number of anilines is 2. The lowest BCUT2D eigenvalue weighted by atomic mass is 10.1. The van der Waals surface area contributed by atoms with Crippen LogP contribution in [0.4, 0.5) is 11.4 Å². The maximum absolute atomic E-state index is 13.0. The molecule has 1 aliphatic heterocycles. The summed E-state index contributed by atoms with van der Waals surface area (Å²) in [4.78, 5) is 29.5. The van der Waals surface area contributed by atoms with E-state index in [4.69, 9.17) is 0 Å². The first-order chi connectivity index (χ1) is 15.4. The molecular formula is C23H22N4O4S. The van der Waals surface area contributed by atoms with Crippen molar-refractivity contribution in [3.8, 4) is 0 Å². The summed E-state index contributed by atoms with van der Waals surface area (Å²) in [5.74, 6) is -0.754. The fourth-order valence-corrected chi connectivity index (χ4v) is 5.30.